The zero-order valence-electron chi connectivity index (χ0n) is 16.9. The second-order valence-corrected chi connectivity index (χ2v) is 8.48. The lowest BCUT2D eigenvalue weighted by atomic mass is 10.0. The molecular weight excluding hydrogens is 437 g/mol. The standard InChI is InChI=1S/C23H21Cl2N3O3/c1-14-6-2-3-11-27(14)21(29)15-7-4-9-17(12-15)26-20-19(25)22(30)28(23(20)31)18-10-5-8-16(24)13-18/h4-5,7-10,12-14,26H,2-3,6,11H2,1H3. The van der Waals surface area contributed by atoms with Crippen molar-refractivity contribution in [3.63, 3.8) is 0 Å². The molecule has 1 unspecified atom stereocenters. The van der Waals surface area contributed by atoms with E-state index in [9.17, 15) is 14.4 Å². The summed E-state index contributed by atoms with van der Waals surface area (Å²) < 4.78 is 0. The van der Waals surface area contributed by atoms with E-state index in [1.54, 1.807) is 42.5 Å². The van der Waals surface area contributed by atoms with Crippen molar-refractivity contribution in [2.75, 3.05) is 16.8 Å². The van der Waals surface area contributed by atoms with E-state index in [1.807, 2.05) is 4.90 Å². The molecule has 0 spiro atoms. The Morgan fingerprint density at radius 2 is 1.81 bits per heavy atom. The molecule has 31 heavy (non-hydrogen) atoms. The molecule has 8 heteroatoms. The summed E-state index contributed by atoms with van der Waals surface area (Å²) in [7, 11) is 0. The van der Waals surface area contributed by atoms with Crippen molar-refractivity contribution in [1.82, 2.24) is 4.90 Å². The molecule has 0 radical (unpaired) electrons. The number of carbonyl (C=O) groups is 3. The van der Waals surface area contributed by atoms with Gasteiger partial charge in [-0.3, -0.25) is 14.4 Å². The molecular formula is C23H21Cl2N3O3. The van der Waals surface area contributed by atoms with Crippen LogP contribution in [0.3, 0.4) is 0 Å². The number of hydrogen-bond donors (Lipinski definition) is 1. The Morgan fingerprint density at radius 1 is 1.03 bits per heavy atom. The largest absolute Gasteiger partial charge is 0.350 e. The fraction of sp³-hybridized carbons (Fsp3) is 0.261. The van der Waals surface area contributed by atoms with Gasteiger partial charge in [0, 0.05) is 28.9 Å². The van der Waals surface area contributed by atoms with Crippen LogP contribution in [-0.4, -0.2) is 35.2 Å². The van der Waals surface area contributed by atoms with Gasteiger partial charge in [-0.15, -0.1) is 0 Å². The number of amides is 3. The molecule has 0 saturated carbocycles. The van der Waals surface area contributed by atoms with Crippen LogP contribution in [0.5, 0.6) is 0 Å². The summed E-state index contributed by atoms with van der Waals surface area (Å²) in [6.07, 6.45) is 3.10. The van der Waals surface area contributed by atoms with Crippen LogP contribution in [0, 0.1) is 0 Å². The lowest BCUT2D eigenvalue weighted by Gasteiger charge is -2.33. The quantitative estimate of drug-likeness (QED) is 0.669. The fourth-order valence-corrected chi connectivity index (χ4v) is 4.30. The molecule has 1 saturated heterocycles. The lowest BCUT2D eigenvalue weighted by molar-refractivity contribution is -0.120. The Balaban J connectivity index is 1.56. The van der Waals surface area contributed by atoms with E-state index in [4.69, 9.17) is 23.2 Å². The molecule has 1 atom stereocenters. The predicted octanol–water partition coefficient (Wildman–Crippen LogP) is 4.79. The molecule has 0 aromatic heterocycles. The highest BCUT2D eigenvalue weighted by Gasteiger charge is 2.39. The molecule has 3 amide bonds. The summed E-state index contributed by atoms with van der Waals surface area (Å²) in [5, 5.41) is 3.11. The number of hydrogen-bond acceptors (Lipinski definition) is 4. The molecule has 0 bridgehead atoms. The Labute approximate surface area is 190 Å². The molecule has 1 N–H and O–H groups in total. The topological polar surface area (TPSA) is 69.7 Å². The minimum Gasteiger partial charge on any atom is -0.350 e. The molecule has 1 fully saturated rings. The van der Waals surface area contributed by atoms with Gasteiger partial charge < -0.3 is 10.2 Å². The first kappa shape index (κ1) is 21.4. The molecule has 0 aliphatic carbocycles. The van der Waals surface area contributed by atoms with E-state index < -0.39 is 11.8 Å². The normalized spacial score (nSPS) is 19.3. The highest BCUT2D eigenvalue weighted by molar-refractivity contribution is 6.53. The Hall–Kier alpha value is -2.83. The Bertz CT molecular complexity index is 1100. The van der Waals surface area contributed by atoms with Crippen molar-refractivity contribution >= 4 is 52.3 Å². The summed E-state index contributed by atoms with van der Waals surface area (Å²) in [4.78, 5) is 41.4. The lowest BCUT2D eigenvalue weighted by Crippen LogP contribution is -2.42. The number of nitrogens with one attached hydrogen (secondary N) is 1. The number of halogens is 2. The molecule has 2 aromatic rings. The third-order valence-electron chi connectivity index (χ3n) is 5.54. The van der Waals surface area contributed by atoms with Crippen molar-refractivity contribution in [3.05, 3.63) is 69.8 Å². The molecule has 2 aliphatic rings. The van der Waals surface area contributed by atoms with Gasteiger partial charge in [0.05, 0.1) is 5.69 Å². The first-order chi connectivity index (χ1) is 14.9. The van der Waals surface area contributed by atoms with Crippen LogP contribution in [0.4, 0.5) is 11.4 Å². The van der Waals surface area contributed by atoms with E-state index in [-0.39, 0.29) is 22.7 Å². The van der Waals surface area contributed by atoms with Crippen LogP contribution >= 0.6 is 23.2 Å². The SMILES string of the molecule is CC1CCCCN1C(=O)c1cccc(NC2=C(Cl)C(=O)N(c3cccc(Cl)c3)C2=O)c1. The highest BCUT2D eigenvalue weighted by Crippen LogP contribution is 2.31. The minimum absolute atomic E-state index is 0.0393. The second-order valence-electron chi connectivity index (χ2n) is 7.66. The first-order valence-corrected chi connectivity index (χ1v) is 10.8. The van der Waals surface area contributed by atoms with Crippen LogP contribution in [-0.2, 0) is 9.59 Å². The summed E-state index contributed by atoms with van der Waals surface area (Å²) >= 11 is 12.2. The first-order valence-electron chi connectivity index (χ1n) is 10.1. The van der Waals surface area contributed by atoms with Crippen molar-refractivity contribution in [2.24, 2.45) is 0 Å². The number of anilines is 2. The summed E-state index contributed by atoms with van der Waals surface area (Å²) in [6.45, 7) is 2.78. The van der Waals surface area contributed by atoms with E-state index >= 15 is 0 Å². The maximum atomic E-state index is 13.0. The van der Waals surface area contributed by atoms with Crippen LogP contribution in [0.2, 0.25) is 5.02 Å². The van der Waals surface area contributed by atoms with Gasteiger partial charge in [-0.25, -0.2) is 4.90 Å². The van der Waals surface area contributed by atoms with Gasteiger partial charge in [-0.2, -0.15) is 0 Å². The number of carbonyl (C=O) groups excluding carboxylic acids is 3. The maximum absolute atomic E-state index is 13.0. The van der Waals surface area contributed by atoms with E-state index in [0.717, 1.165) is 30.7 Å². The average molecular weight is 458 g/mol. The molecule has 2 heterocycles. The molecule has 6 nitrogen and oxygen atoms in total. The molecule has 160 valence electrons. The Morgan fingerprint density at radius 3 is 2.55 bits per heavy atom. The van der Waals surface area contributed by atoms with Gasteiger partial charge in [0.25, 0.3) is 17.7 Å². The summed E-state index contributed by atoms with van der Waals surface area (Å²) in [5.41, 5.74) is 1.31. The van der Waals surface area contributed by atoms with E-state index in [0.29, 0.717) is 22.0 Å². The van der Waals surface area contributed by atoms with Crippen molar-refractivity contribution < 1.29 is 14.4 Å². The number of nitrogens with zero attached hydrogens (tertiary/aromatic N) is 2. The number of benzene rings is 2. The highest BCUT2D eigenvalue weighted by atomic mass is 35.5. The van der Waals surface area contributed by atoms with Gasteiger partial charge >= 0.3 is 0 Å². The van der Waals surface area contributed by atoms with Crippen molar-refractivity contribution in [3.8, 4) is 0 Å². The van der Waals surface area contributed by atoms with Gasteiger partial charge in [0.2, 0.25) is 0 Å². The van der Waals surface area contributed by atoms with Crippen LogP contribution in [0.25, 0.3) is 0 Å². The number of rotatable bonds is 4. The van der Waals surface area contributed by atoms with Crippen molar-refractivity contribution in [1.29, 1.82) is 0 Å². The zero-order chi connectivity index (χ0) is 22.1. The Kier molecular flexibility index (Phi) is 6.03. The molecule has 4 rings (SSSR count). The van der Waals surface area contributed by atoms with Gasteiger partial charge in [-0.1, -0.05) is 35.3 Å². The number of piperidine rings is 1. The smallest absolute Gasteiger partial charge is 0.283 e. The molecule has 2 aromatic carbocycles. The third kappa shape index (κ3) is 4.18. The minimum atomic E-state index is -0.634. The van der Waals surface area contributed by atoms with E-state index in [1.165, 1.54) is 6.07 Å². The van der Waals surface area contributed by atoms with Crippen molar-refractivity contribution in [2.45, 2.75) is 32.2 Å². The number of likely N-dealkylation sites (tertiary alicyclic amines) is 1. The van der Waals surface area contributed by atoms with Gasteiger partial charge in [0.1, 0.15) is 10.7 Å². The third-order valence-corrected chi connectivity index (χ3v) is 6.12. The monoisotopic (exact) mass is 457 g/mol. The zero-order valence-corrected chi connectivity index (χ0v) is 18.4. The van der Waals surface area contributed by atoms with Gasteiger partial charge in [0.15, 0.2) is 0 Å². The summed E-state index contributed by atoms with van der Waals surface area (Å²) in [5.74, 6) is -1.27. The van der Waals surface area contributed by atoms with Crippen LogP contribution in [0.15, 0.2) is 59.3 Å². The number of imide groups is 1. The second kappa shape index (κ2) is 8.73. The molecule has 2 aliphatic heterocycles. The van der Waals surface area contributed by atoms with Gasteiger partial charge in [-0.05, 0) is 62.6 Å². The van der Waals surface area contributed by atoms with Crippen LogP contribution < -0.4 is 10.2 Å². The fourth-order valence-electron chi connectivity index (χ4n) is 3.90. The maximum Gasteiger partial charge on any atom is 0.283 e. The average Bonchev–Trinajstić information content (AvgIpc) is 2.97. The summed E-state index contributed by atoms with van der Waals surface area (Å²) in [6, 6.07) is 13.5. The predicted molar refractivity (Wildman–Crippen MR) is 121 cm³/mol. The van der Waals surface area contributed by atoms with Crippen LogP contribution in [0.1, 0.15) is 36.5 Å². The van der Waals surface area contributed by atoms with E-state index in [2.05, 4.69) is 12.2 Å².